The summed E-state index contributed by atoms with van der Waals surface area (Å²) in [5.74, 6) is -0.233. The van der Waals surface area contributed by atoms with Crippen molar-refractivity contribution in [2.45, 2.75) is 38.5 Å². The smallest absolute Gasteiger partial charge is 0.382 e. The maximum Gasteiger partial charge on any atom is 0.390 e. The van der Waals surface area contributed by atoms with Crippen LogP contribution in [0.3, 0.4) is 0 Å². The van der Waals surface area contributed by atoms with Crippen molar-refractivity contribution in [3.8, 4) is 11.3 Å². The van der Waals surface area contributed by atoms with E-state index in [1.807, 2.05) is 19.2 Å². The Labute approximate surface area is 183 Å². The molecule has 0 aliphatic heterocycles. The van der Waals surface area contributed by atoms with Crippen LogP contribution in [0.1, 0.15) is 40.7 Å². The van der Waals surface area contributed by atoms with Crippen molar-refractivity contribution in [3.63, 3.8) is 0 Å². The fourth-order valence-corrected chi connectivity index (χ4v) is 3.81. The number of anilines is 1. The number of Topliss-reactive ketones (excluding diaryl/α,β-unsaturated/α-hetero) is 1. The highest BCUT2D eigenvalue weighted by molar-refractivity contribution is 5.98. The lowest BCUT2D eigenvalue weighted by atomic mass is 9.98. The van der Waals surface area contributed by atoms with Gasteiger partial charge >= 0.3 is 6.18 Å². The van der Waals surface area contributed by atoms with E-state index in [-0.39, 0.29) is 24.7 Å². The summed E-state index contributed by atoms with van der Waals surface area (Å²) in [7, 11) is 0. The number of alkyl halides is 4. The maximum absolute atomic E-state index is 13.2. The third-order valence-corrected chi connectivity index (χ3v) is 5.69. The summed E-state index contributed by atoms with van der Waals surface area (Å²) >= 11 is 0. The predicted molar refractivity (Wildman–Crippen MR) is 117 cm³/mol. The molecule has 32 heavy (non-hydrogen) atoms. The Hall–Kier alpha value is -3.16. The molecule has 0 bridgehead atoms. The molecule has 1 saturated carbocycles. The fraction of sp³-hybridized carbons (Fsp3) is 0.333. The van der Waals surface area contributed by atoms with Gasteiger partial charge in [-0.25, -0.2) is 9.37 Å². The van der Waals surface area contributed by atoms with Crippen molar-refractivity contribution in [2.75, 3.05) is 11.9 Å². The number of aromatic nitrogens is 2. The standard InChI is InChI=1S/C24H23F4N3O/c1-3-15-9-20(29-7-6-24(26,27)28)23-30-12-21(31(23)13-15)16-4-5-18(14(2)8-16)22(32)11-17-10-19(17)25/h3-5,8-9,12-13,17,19,29H,1,6-7,10-11H2,2H3/t17-,19+/m1/s1. The minimum absolute atomic E-state index is 0.0672. The zero-order chi connectivity index (χ0) is 23.0. The van der Waals surface area contributed by atoms with Gasteiger partial charge in [0.2, 0.25) is 0 Å². The van der Waals surface area contributed by atoms with Crippen molar-refractivity contribution in [2.24, 2.45) is 5.92 Å². The molecule has 3 aromatic rings. The number of aryl methyl sites for hydroxylation is 1. The Morgan fingerprint density at radius 1 is 1.34 bits per heavy atom. The number of pyridine rings is 1. The Morgan fingerprint density at radius 3 is 2.72 bits per heavy atom. The Kier molecular flexibility index (Phi) is 5.79. The van der Waals surface area contributed by atoms with E-state index in [0.717, 1.165) is 22.4 Å². The molecule has 1 N–H and O–H groups in total. The molecule has 0 saturated heterocycles. The SMILES string of the molecule is C=Cc1cc(NCCC(F)(F)F)c2ncc(-c3ccc(C(=O)C[C@H]4C[C@@H]4F)c(C)c3)n2c1. The quantitative estimate of drug-likeness (QED) is 0.329. The molecule has 8 heteroatoms. The molecule has 1 aromatic carbocycles. The monoisotopic (exact) mass is 445 g/mol. The summed E-state index contributed by atoms with van der Waals surface area (Å²) in [4.78, 5) is 16.9. The van der Waals surface area contributed by atoms with E-state index in [0.29, 0.717) is 23.3 Å². The number of hydrogen-bond acceptors (Lipinski definition) is 3. The van der Waals surface area contributed by atoms with Gasteiger partial charge in [0.05, 0.1) is 24.0 Å². The van der Waals surface area contributed by atoms with E-state index in [4.69, 9.17) is 0 Å². The second-order valence-corrected chi connectivity index (χ2v) is 8.19. The first-order valence-corrected chi connectivity index (χ1v) is 10.4. The van der Waals surface area contributed by atoms with Gasteiger partial charge in [0.15, 0.2) is 11.4 Å². The maximum atomic E-state index is 13.2. The first kappa shape index (κ1) is 22.0. The number of fused-ring (bicyclic) bond motifs is 1. The highest BCUT2D eigenvalue weighted by Crippen LogP contribution is 2.38. The molecule has 1 fully saturated rings. The van der Waals surface area contributed by atoms with Crippen LogP contribution in [0.2, 0.25) is 0 Å². The molecule has 4 rings (SSSR count). The number of imidazole rings is 1. The van der Waals surface area contributed by atoms with Crippen LogP contribution in [0.4, 0.5) is 23.2 Å². The number of halogens is 4. The largest absolute Gasteiger partial charge is 0.390 e. The van der Waals surface area contributed by atoms with E-state index < -0.39 is 18.8 Å². The van der Waals surface area contributed by atoms with Crippen molar-refractivity contribution < 1.29 is 22.4 Å². The van der Waals surface area contributed by atoms with Crippen LogP contribution in [-0.4, -0.2) is 34.1 Å². The van der Waals surface area contributed by atoms with Gasteiger partial charge in [-0.3, -0.25) is 9.20 Å². The van der Waals surface area contributed by atoms with Gasteiger partial charge in [0.25, 0.3) is 0 Å². The van der Waals surface area contributed by atoms with Crippen LogP contribution >= 0.6 is 0 Å². The molecule has 4 nitrogen and oxygen atoms in total. The van der Waals surface area contributed by atoms with Crippen LogP contribution in [0, 0.1) is 12.8 Å². The lowest BCUT2D eigenvalue weighted by Gasteiger charge is -2.12. The molecule has 0 spiro atoms. The molecular formula is C24H23F4N3O. The van der Waals surface area contributed by atoms with Crippen LogP contribution < -0.4 is 5.32 Å². The van der Waals surface area contributed by atoms with E-state index in [1.54, 1.807) is 34.9 Å². The van der Waals surface area contributed by atoms with Crippen molar-refractivity contribution in [3.05, 3.63) is 59.9 Å². The molecule has 2 atom stereocenters. The molecular weight excluding hydrogens is 422 g/mol. The average Bonchev–Trinajstić information content (AvgIpc) is 3.24. The zero-order valence-corrected chi connectivity index (χ0v) is 17.5. The molecule has 0 unspecified atom stereocenters. The normalized spacial score (nSPS) is 18.0. The summed E-state index contributed by atoms with van der Waals surface area (Å²) in [6, 6.07) is 7.12. The third-order valence-electron chi connectivity index (χ3n) is 5.69. The van der Waals surface area contributed by atoms with Crippen LogP contribution in [0.5, 0.6) is 0 Å². The Morgan fingerprint density at radius 2 is 2.09 bits per heavy atom. The van der Waals surface area contributed by atoms with Gasteiger partial charge in [-0.2, -0.15) is 13.2 Å². The van der Waals surface area contributed by atoms with Crippen LogP contribution in [-0.2, 0) is 0 Å². The topological polar surface area (TPSA) is 46.4 Å². The number of hydrogen-bond donors (Lipinski definition) is 1. The van der Waals surface area contributed by atoms with Crippen molar-refractivity contribution >= 4 is 23.2 Å². The number of nitrogens with one attached hydrogen (secondary N) is 1. The first-order valence-electron chi connectivity index (χ1n) is 10.4. The van der Waals surface area contributed by atoms with E-state index in [1.165, 1.54) is 0 Å². The minimum atomic E-state index is -4.25. The van der Waals surface area contributed by atoms with Crippen molar-refractivity contribution in [1.82, 2.24) is 9.38 Å². The predicted octanol–water partition coefficient (Wildman–Crippen LogP) is 6.25. The highest BCUT2D eigenvalue weighted by atomic mass is 19.4. The lowest BCUT2D eigenvalue weighted by molar-refractivity contribution is -0.131. The second kappa shape index (κ2) is 8.41. The minimum Gasteiger partial charge on any atom is -0.382 e. The number of ketones is 1. The van der Waals surface area contributed by atoms with Gasteiger partial charge < -0.3 is 5.32 Å². The molecule has 2 heterocycles. The fourth-order valence-electron chi connectivity index (χ4n) is 3.81. The number of nitrogens with zero attached hydrogens (tertiary/aromatic N) is 2. The van der Waals surface area contributed by atoms with Crippen LogP contribution in [0.25, 0.3) is 23.0 Å². The number of carbonyl (C=O) groups is 1. The van der Waals surface area contributed by atoms with Crippen LogP contribution in [0.15, 0.2) is 43.2 Å². The van der Waals surface area contributed by atoms with Crippen molar-refractivity contribution in [1.29, 1.82) is 0 Å². The summed E-state index contributed by atoms with van der Waals surface area (Å²) in [5.41, 5.74) is 4.59. The van der Waals surface area contributed by atoms with E-state index in [2.05, 4.69) is 16.9 Å². The molecule has 1 aliphatic rings. The summed E-state index contributed by atoms with van der Waals surface area (Å²) in [6.07, 6.45) is -0.336. The summed E-state index contributed by atoms with van der Waals surface area (Å²) in [6.45, 7) is 5.33. The second-order valence-electron chi connectivity index (χ2n) is 8.19. The lowest BCUT2D eigenvalue weighted by Crippen LogP contribution is -2.15. The number of benzene rings is 1. The van der Waals surface area contributed by atoms with Gasteiger partial charge in [0.1, 0.15) is 6.17 Å². The highest BCUT2D eigenvalue weighted by Gasteiger charge is 2.39. The average molecular weight is 445 g/mol. The van der Waals surface area contributed by atoms with E-state index >= 15 is 0 Å². The van der Waals surface area contributed by atoms with Gasteiger partial charge in [-0.15, -0.1) is 0 Å². The molecule has 0 amide bonds. The first-order chi connectivity index (χ1) is 15.2. The van der Waals surface area contributed by atoms with E-state index in [9.17, 15) is 22.4 Å². The summed E-state index contributed by atoms with van der Waals surface area (Å²) in [5, 5.41) is 2.82. The molecule has 168 valence electrons. The Bertz CT molecular complexity index is 1180. The summed E-state index contributed by atoms with van der Waals surface area (Å²) < 4.78 is 52.6. The number of rotatable bonds is 8. The molecule has 1 aliphatic carbocycles. The zero-order valence-electron chi connectivity index (χ0n) is 17.5. The third kappa shape index (κ3) is 4.69. The van der Waals surface area contributed by atoms with Gasteiger partial charge in [-0.1, -0.05) is 24.8 Å². The molecule has 2 aromatic heterocycles. The Balaban J connectivity index is 1.64. The van der Waals surface area contributed by atoms with Gasteiger partial charge in [0, 0.05) is 36.2 Å². The number of carbonyl (C=O) groups excluding carboxylic acids is 1. The van der Waals surface area contributed by atoms with Gasteiger partial charge in [-0.05, 0) is 36.6 Å². The molecule has 0 radical (unpaired) electrons.